The molecule has 1 unspecified atom stereocenters. The van der Waals surface area contributed by atoms with Gasteiger partial charge in [-0.25, -0.2) is 4.79 Å². The molecule has 2 N–H and O–H groups in total. The Bertz CT molecular complexity index is 714. The number of carbonyl (C=O) groups is 4. The minimum Gasteiger partial charge on any atom is -0.450 e. The molecule has 1 aliphatic heterocycles. The zero-order valence-electron chi connectivity index (χ0n) is 16.5. The normalized spacial score (nSPS) is 14.9. The maximum Gasteiger partial charge on any atom is 0.407 e. The van der Waals surface area contributed by atoms with E-state index in [2.05, 4.69) is 10.6 Å². The number of nitrogens with one attached hydrogen (secondary N) is 2. The number of carbonyl (C=O) groups excluding carboxylic acids is 4. The van der Waals surface area contributed by atoms with Gasteiger partial charge in [0.05, 0.1) is 12.3 Å². The molecule has 0 saturated carbocycles. The summed E-state index contributed by atoms with van der Waals surface area (Å²) < 4.78 is 4.90. The molecule has 0 radical (unpaired) electrons. The number of imide groups is 1. The molecule has 0 aromatic heterocycles. The van der Waals surface area contributed by atoms with Gasteiger partial charge in [-0.1, -0.05) is 13.8 Å². The summed E-state index contributed by atoms with van der Waals surface area (Å²) in [4.78, 5) is 48.8. The molecule has 1 aliphatic rings. The Morgan fingerprint density at radius 3 is 2.25 bits per heavy atom. The number of rotatable bonds is 8. The lowest BCUT2D eigenvalue weighted by molar-refractivity contribution is -0.121. The number of hydrogen-bond donors (Lipinski definition) is 2. The van der Waals surface area contributed by atoms with Crippen molar-refractivity contribution in [1.29, 1.82) is 0 Å². The minimum absolute atomic E-state index is 0.214. The van der Waals surface area contributed by atoms with Crippen molar-refractivity contribution < 1.29 is 23.9 Å². The molecule has 1 fully saturated rings. The highest BCUT2D eigenvalue weighted by atomic mass is 16.5. The Hall–Kier alpha value is -2.90. The number of alkyl carbamates (subject to hydrolysis) is 1. The van der Waals surface area contributed by atoms with E-state index in [9.17, 15) is 19.2 Å². The van der Waals surface area contributed by atoms with Crippen LogP contribution in [0.25, 0.3) is 0 Å². The molecule has 152 valence electrons. The first-order valence-electron chi connectivity index (χ1n) is 9.49. The third-order valence-electron chi connectivity index (χ3n) is 4.30. The fourth-order valence-electron chi connectivity index (χ4n) is 3.05. The van der Waals surface area contributed by atoms with E-state index in [1.54, 1.807) is 31.2 Å². The van der Waals surface area contributed by atoms with Crippen LogP contribution in [0.3, 0.4) is 0 Å². The number of amides is 4. The van der Waals surface area contributed by atoms with Gasteiger partial charge in [-0.15, -0.1) is 0 Å². The van der Waals surface area contributed by atoms with Crippen molar-refractivity contribution >= 4 is 29.5 Å². The highest BCUT2D eigenvalue weighted by Gasteiger charge is 2.30. The van der Waals surface area contributed by atoms with Crippen molar-refractivity contribution in [3.05, 3.63) is 29.8 Å². The van der Waals surface area contributed by atoms with Crippen molar-refractivity contribution in [3.63, 3.8) is 0 Å². The quantitative estimate of drug-likeness (QED) is 0.664. The van der Waals surface area contributed by atoms with Gasteiger partial charge in [0.25, 0.3) is 5.91 Å². The molecule has 0 bridgehead atoms. The first kappa shape index (κ1) is 21.4. The highest BCUT2D eigenvalue weighted by molar-refractivity contribution is 6.19. The maximum atomic E-state index is 12.4. The zero-order valence-corrected chi connectivity index (χ0v) is 16.5. The minimum atomic E-state index is -0.508. The lowest BCUT2D eigenvalue weighted by Gasteiger charge is -2.21. The second kappa shape index (κ2) is 9.87. The summed E-state index contributed by atoms with van der Waals surface area (Å²) in [6, 6.07) is 6.05. The third kappa shape index (κ3) is 5.80. The lowest BCUT2D eigenvalue weighted by atomic mass is 10.0. The molecule has 1 saturated heterocycles. The van der Waals surface area contributed by atoms with Crippen molar-refractivity contribution in [1.82, 2.24) is 10.6 Å². The number of anilines is 1. The summed E-state index contributed by atoms with van der Waals surface area (Å²) in [7, 11) is 0. The van der Waals surface area contributed by atoms with Crippen LogP contribution >= 0.6 is 0 Å². The van der Waals surface area contributed by atoms with Gasteiger partial charge < -0.3 is 15.4 Å². The van der Waals surface area contributed by atoms with Gasteiger partial charge in [-0.2, -0.15) is 0 Å². The van der Waals surface area contributed by atoms with E-state index in [1.165, 1.54) is 0 Å². The predicted octanol–water partition coefficient (Wildman–Crippen LogP) is 2.23. The molecule has 0 spiro atoms. The molecule has 1 aromatic rings. The Morgan fingerprint density at radius 2 is 1.71 bits per heavy atom. The molecule has 2 rings (SSSR count). The Morgan fingerprint density at radius 1 is 1.11 bits per heavy atom. The summed E-state index contributed by atoms with van der Waals surface area (Å²) in [5.74, 6) is -0.434. The SMILES string of the molecule is CCOC(=O)NC(CNC(=O)c1ccc(N2C(=O)CCC2=O)cc1)CC(C)C. The lowest BCUT2D eigenvalue weighted by Crippen LogP contribution is -2.44. The van der Waals surface area contributed by atoms with Crippen LogP contribution in [-0.2, 0) is 14.3 Å². The number of hydrogen-bond acceptors (Lipinski definition) is 5. The standard InChI is InChI=1S/C20H27N3O5/c1-4-28-20(27)22-15(11-13(2)3)12-21-19(26)14-5-7-16(8-6-14)23-17(24)9-10-18(23)25/h5-8,13,15H,4,9-12H2,1-3H3,(H,21,26)(H,22,27). The van der Waals surface area contributed by atoms with Crippen molar-refractivity contribution in [3.8, 4) is 0 Å². The molecular weight excluding hydrogens is 362 g/mol. The summed E-state index contributed by atoms with van der Waals surface area (Å²) in [5, 5.41) is 5.56. The Labute approximate surface area is 164 Å². The molecule has 1 heterocycles. The van der Waals surface area contributed by atoms with E-state index in [4.69, 9.17) is 4.74 Å². The fraction of sp³-hybridized carbons (Fsp3) is 0.500. The Kier molecular flexibility index (Phi) is 7.54. The van der Waals surface area contributed by atoms with Crippen LogP contribution in [-0.4, -0.2) is 43.0 Å². The smallest absolute Gasteiger partial charge is 0.407 e. The van der Waals surface area contributed by atoms with Gasteiger partial charge in [-0.3, -0.25) is 19.3 Å². The maximum absolute atomic E-state index is 12.4. The summed E-state index contributed by atoms with van der Waals surface area (Å²) in [5.41, 5.74) is 0.869. The second-order valence-electron chi connectivity index (χ2n) is 7.07. The van der Waals surface area contributed by atoms with Crippen LogP contribution in [0.5, 0.6) is 0 Å². The fourth-order valence-corrected chi connectivity index (χ4v) is 3.05. The van der Waals surface area contributed by atoms with Gasteiger partial charge >= 0.3 is 6.09 Å². The average Bonchev–Trinajstić information content (AvgIpc) is 2.97. The largest absolute Gasteiger partial charge is 0.450 e. The van der Waals surface area contributed by atoms with E-state index < -0.39 is 6.09 Å². The van der Waals surface area contributed by atoms with E-state index >= 15 is 0 Å². The van der Waals surface area contributed by atoms with Crippen molar-refractivity contribution in [2.45, 2.75) is 46.1 Å². The number of benzene rings is 1. The number of ether oxygens (including phenoxy) is 1. The van der Waals surface area contributed by atoms with E-state index in [1.807, 2.05) is 13.8 Å². The predicted molar refractivity (Wildman–Crippen MR) is 104 cm³/mol. The first-order valence-corrected chi connectivity index (χ1v) is 9.49. The van der Waals surface area contributed by atoms with Crippen LogP contribution in [0.2, 0.25) is 0 Å². The van der Waals surface area contributed by atoms with Gasteiger partial charge in [-0.05, 0) is 43.5 Å². The van der Waals surface area contributed by atoms with Crippen LogP contribution in [0.4, 0.5) is 10.5 Å². The first-order chi connectivity index (χ1) is 13.3. The van der Waals surface area contributed by atoms with Crippen molar-refractivity contribution in [2.75, 3.05) is 18.1 Å². The molecule has 0 aliphatic carbocycles. The van der Waals surface area contributed by atoms with Crippen LogP contribution in [0.1, 0.15) is 50.4 Å². The summed E-state index contributed by atoms with van der Waals surface area (Å²) >= 11 is 0. The summed E-state index contributed by atoms with van der Waals surface area (Å²) in [6.45, 7) is 6.33. The zero-order chi connectivity index (χ0) is 20.7. The van der Waals surface area contributed by atoms with Gasteiger partial charge in [0, 0.05) is 31.0 Å². The van der Waals surface area contributed by atoms with E-state index in [-0.39, 0.29) is 49.8 Å². The molecular formula is C20H27N3O5. The van der Waals surface area contributed by atoms with Crippen molar-refractivity contribution in [2.24, 2.45) is 5.92 Å². The molecule has 1 aromatic carbocycles. The van der Waals surface area contributed by atoms with Gasteiger partial charge in [0.2, 0.25) is 11.8 Å². The monoisotopic (exact) mass is 389 g/mol. The molecule has 8 heteroatoms. The van der Waals surface area contributed by atoms with E-state index in [0.29, 0.717) is 23.6 Å². The molecule has 1 atom stereocenters. The van der Waals surface area contributed by atoms with Crippen LogP contribution in [0.15, 0.2) is 24.3 Å². The summed E-state index contributed by atoms with van der Waals surface area (Å²) in [6.07, 6.45) is 0.612. The topological polar surface area (TPSA) is 105 Å². The molecule has 8 nitrogen and oxygen atoms in total. The molecule has 28 heavy (non-hydrogen) atoms. The highest BCUT2D eigenvalue weighted by Crippen LogP contribution is 2.22. The Balaban J connectivity index is 1.96. The second-order valence-corrected chi connectivity index (χ2v) is 7.07. The van der Waals surface area contributed by atoms with Crippen LogP contribution < -0.4 is 15.5 Å². The van der Waals surface area contributed by atoms with E-state index in [0.717, 1.165) is 4.90 Å². The van der Waals surface area contributed by atoms with Gasteiger partial charge in [0.1, 0.15) is 0 Å². The third-order valence-corrected chi connectivity index (χ3v) is 4.30. The average molecular weight is 389 g/mol. The van der Waals surface area contributed by atoms with Crippen LogP contribution in [0, 0.1) is 5.92 Å². The van der Waals surface area contributed by atoms with Gasteiger partial charge in [0.15, 0.2) is 0 Å². The molecule has 4 amide bonds. The number of nitrogens with zero attached hydrogens (tertiary/aromatic N) is 1.